The zero-order valence-corrected chi connectivity index (χ0v) is 16.3. The van der Waals surface area contributed by atoms with Crippen LogP contribution in [-0.4, -0.2) is 27.3 Å². The molecule has 7 heteroatoms. The molecule has 148 valence electrons. The van der Waals surface area contributed by atoms with Crippen molar-refractivity contribution < 1.29 is 9.18 Å². The summed E-state index contributed by atoms with van der Waals surface area (Å²) >= 11 is 0. The van der Waals surface area contributed by atoms with E-state index in [-0.39, 0.29) is 17.8 Å². The highest BCUT2D eigenvalue weighted by molar-refractivity contribution is 6.07. The van der Waals surface area contributed by atoms with E-state index in [0.29, 0.717) is 12.1 Å². The number of anilines is 1. The summed E-state index contributed by atoms with van der Waals surface area (Å²) < 4.78 is 17.1. The molecule has 0 unspecified atom stereocenters. The first-order chi connectivity index (χ1) is 14.0. The number of amides is 1. The van der Waals surface area contributed by atoms with Crippen molar-refractivity contribution in [1.82, 2.24) is 14.3 Å². The molecule has 0 saturated heterocycles. The Balaban J connectivity index is 1.77. The topological polar surface area (TPSA) is 60.1 Å². The molecule has 0 bridgehead atoms. The van der Waals surface area contributed by atoms with E-state index in [2.05, 4.69) is 5.10 Å². The maximum atomic E-state index is 14.0. The number of hydrogen-bond acceptors (Lipinski definition) is 3. The summed E-state index contributed by atoms with van der Waals surface area (Å²) in [5.74, 6) is -0.926. The summed E-state index contributed by atoms with van der Waals surface area (Å²) in [6.07, 6.45) is 2.49. The van der Waals surface area contributed by atoms with Crippen LogP contribution in [0.1, 0.15) is 13.3 Å². The first kappa shape index (κ1) is 18.9. The monoisotopic (exact) mass is 392 g/mol. The Morgan fingerprint density at radius 3 is 2.59 bits per heavy atom. The van der Waals surface area contributed by atoms with E-state index >= 15 is 0 Å². The van der Waals surface area contributed by atoms with Gasteiger partial charge in [-0.3, -0.25) is 9.59 Å². The molecule has 0 N–H and O–H groups in total. The van der Waals surface area contributed by atoms with Gasteiger partial charge in [0, 0.05) is 29.9 Å². The van der Waals surface area contributed by atoms with Gasteiger partial charge in [0.15, 0.2) is 0 Å². The lowest BCUT2D eigenvalue weighted by atomic mass is 10.2. The first-order valence-corrected chi connectivity index (χ1v) is 9.51. The fourth-order valence-corrected chi connectivity index (χ4v) is 3.65. The quantitative estimate of drug-likeness (QED) is 0.522. The Morgan fingerprint density at radius 1 is 1.10 bits per heavy atom. The minimum atomic E-state index is -0.498. The molecule has 4 aromatic rings. The van der Waals surface area contributed by atoms with Crippen molar-refractivity contribution in [3.63, 3.8) is 0 Å². The van der Waals surface area contributed by atoms with Gasteiger partial charge < -0.3 is 9.47 Å². The number of aryl methyl sites for hydroxylation is 1. The summed E-state index contributed by atoms with van der Waals surface area (Å²) in [7, 11) is 1.48. The van der Waals surface area contributed by atoms with Crippen LogP contribution < -0.4 is 10.5 Å². The molecular formula is C22H21FN4O2. The maximum Gasteiger partial charge on any atom is 0.291 e. The fourth-order valence-electron chi connectivity index (χ4n) is 3.65. The van der Waals surface area contributed by atoms with Crippen molar-refractivity contribution in [3.05, 3.63) is 70.9 Å². The highest BCUT2D eigenvalue weighted by Gasteiger charge is 2.19. The first-order valence-electron chi connectivity index (χ1n) is 9.51. The molecule has 29 heavy (non-hydrogen) atoms. The van der Waals surface area contributed by atoms with E-state index in [1.54, 1.807) is 18.3 Å². The van der Waals surface area contributed by atoms with Crippen molar-refractivity contribution in [3.8, 4) is 0 Å². The van der Waals surface area contributed by atoms with Gasteiger partial charge in [0.2, 0.25) is 5.91 Å². The number of aromatic nitrogens is 3. The third-order valence-corrected chi connectivity index (χ3v) is 5.09. The highest BCUT2D eigenvalue weighted by atomic mass is 19.1. The van der Waals surface area contributed by atoms with Crippen LogP contribution in [0, 0.1) is 5.82 Å². The molecule has 0 saturated carbocycles. The number of hydrogen-bond donors (Lipinski definition) is 0. The zero-order valence-electron chi connectivity index (χ0n) is 16.3. The van der Waals surface area contributed by atoms with Gasteiger partial charge in [-0.1, -0.05) is 37.3 Å². The van der Waals surface area contributed by atoms with Crippen molar-refractivity contribution in [2.45, 2.75) is 26.4 Å². The van der Waals surface area contributed by atoms with Crippen LogP contribution >= 0.6 is 0 Å². The lowest BCUT2D eigenvalue weighted by Crippen LogP contribution is -2.35. The molecule has 1 amide bonds. The normalized spacial score (nSPS) is 11.3. The van der Waals surface area contributed by atoms with Crippen LogP contribution in [0.4, 0.5) is 10.1 Å². The van der Waals surface area contributed by atoms with Gasteiger partial charge in [-0.2, -0.15) is 5.10 Å². The molecule has 0 aliphatic heterocycles. The van der Waals surface area contributed by atoms with Crippen molar-refractivity contribution >= 4 is 33.4 Å². The van der Waals surface area contributed by atoms with Gasteiger partial charge in [-0.25, -0.2) is 9.07 Å². The number of rotatable bonds is 5. The van der Waals surface area contributed by atoms with Crippen molar-refractivity contribution in [2.24, 2.45) is 0 Å². The Morgan fingerprint density at radius 2 is 1.83 bits per heavy atom. The standard InChI is InChI=1S/C22H21FN4O2/c1-3-12-26-18-10-6-4-8-15(18)16-13-24-27(22(29)21(16)26)14-20(28)25(2)19-11-7-5-9-17(19)23/h4-11,13H,3,12,14H2,1-2H3. The van der Waals surface area contributed by atoms with Gasteiger partial charge in [0.05, 0.1) is 11.9 Å². The summed E-state index contributed by atoms with van der Waals surface area (Å²) in [5, 5.41) is 5.95. The van der Waals surface area contributed by atoms with Gasteiger partial charge in [-0.15, -0.1) is 0 Å². The van der Waals surface area contributed by atoms with Crippen molar-refractivity contribution in [1.29, 1.82) is 0 Å². The van der Waals surface area contributed by atoms with E-state index in [9.17, 15) is 14.0 Å². The third-order valence-electron chi connectivity index (χ3n) is 5.09. The second kappa shape index (κ2) is 7.50. The van der Waals surface area contributed by atoms with Crippen molar-refractivity contribution in [2.75, 3.05) is 11.9 Å². The van der Waals surface area contributed by atoms with E-state index in [4.69, 9.17) is 0 Å². The average Bonchev–Trinajstić information content (AvgIpc) is 3.05. The second-order valence-electron chi connectivity index (χ2n) is 6.94. The van der Waals surface area contributed by atoms with Crippen LogP contribution in [0.15, 0.2) is 59.5 Å². The number of nitrogens with zero attached hydrogens (tertiary/aromatic N) is 4. The summed E-state index contributed by atoms with van der Waals surface area (Å²) in [4.78, 5) is 27.1. The highest BCUT2D eigenvalue weighted by Crippen LogP contribution is 2.26. The molecule has 4 rings (SSSR count). The second-order valence-corrected chi connectivity index (χ2v) is 6.94. The molecule has 0 aliphatic carbocycles. The minimum Gasteiger partial charge on any atom is -0.336 e. The van der Waals surface area contributed by atoms with Crippen LogP contribution in [-0.2, 0) is 17.9 Å². The number of halogens is 1. The Bertz CT molecular complexity index is 1280. The van der Waals surface area contributed by atoms with Gasteiger partial charge in [-0.05, 0) is 24.6 Å². The Labute approximate surface area is 166 Å². The molecular weight excluding hydrogens is 371 g/mol. The minimum absolute atomic E-state index is 0.159. The zero-order chi connectivity index (χ0) is 20.5. The smallest absolute Gasteiger partial charge is 0.291 e. The molecule has 6 nitrogen and oxygen atoms in total. The van der Waals surface area contributed by atoms with Crippen LogP contribution in [0.25, 0.3) is 21.8 Å². The Hall–Kier alpha value is -3.48. The Kier molecular flexibility index (Phi) is 4.88. The van der Waals surface area contributed by atoms with Crippen LogP contribution in [0.3, 0.4) is 0 Å². The van der Waals surface area contributed by atoms with Crippen LogP contribution in [0.5, 0.6) is 0 Å². The lowest BCUT2D eigenvalue weighted by molar-refractivity contribution is -0.119. The number of carbonyl (C=O) groups is 1. The molecule has 0 atom stereocenters. The predicted octanol–water partition coefficient (Wildman–Crippen LogP) is 3.56. The maximum absolute atomic E-state index is 14.0. The summed E-state index contributed by atoms with van der Waals surface area (Å²) in [5.41, 5.74) is 1.33. The number of carbonyl (C=O) groups excluding carboxylic acids is 1. The number of likely N-dealkylation sites (N-methyl/N-ethyl adjacent to an activating group) is 1. The number of fused-ring (bicyclic) bond motifs is 3. The molecule has 0 aliphatic rings. The van der Waals surface area contributed by atoms with Gasteiger partial charge in [0.1, 0.15) is 17.9 Å². The fraction of sp³-hybridized carbons (Fsp3) is 0.227. The van der Waals surface area contributed by atoms with Crippen LogP contribution in [0.2, 0.25) is 0 Å². The molecule has 2 heterocycles. The van der Waals surface area contributed by atoms with Gasteiger partial charge in [0.25, 0.3) is 5.56 Å². The van der Waals surface area contributed by atoms with E-state index in [1.165, 1.54) is 24.1 Å². The van der Waals surface area contributed by atoms with Gasteiger partial charge >= 0.3 is 0 Å². The molecule has 0 fully saturated rings. The largest absolute Gasteiger partial charge is 0.336 e. The van der Waals surface area contributed by atoms with E-state index < -0.39 is 11.7 Å². The molecule has 0 radical (unpaired) electrons. The molecule has 2 aromatic heterocycles. The number of para-hydroxylation sites is 2. The molecule has 0 spiro atoms. The van der Waals surface area contributed by atoms with E-state index in [0.717, 1.165) is 27.4 Å². The summed E-state index contributed by atoms with van der Waals surface area (Å²) in [6, 6.07) is 13.8. The molecule has 2 aromatic carbocycles. The number of benzene rings is 2. The lowest BCUT2D eigenvalue weighted by Gasteiger charge is -2.18. The predicted molar refractivity (Wildman–Crippen MR) is 112 cm³/mol. The summed E-state index contributed by atoms with van der Waals surface area (Å²) in [6.45, 7) is 2.47. The average molecular weight is 392 g/mol. The SMILES string of the molecule is CCCn1c2ccccc2c2cnn(CC(=O)N(C)c3ccccc3F)c(=O)c21. The third kappa shape index (κ3) is 3.18. The van der Waals surface area contributed by atoms with E-state index in [1.807, 2.05) is 35.8 Å².